The number of benzene rings is 1. The van der Waals surface area contributed by atoms with E-state index in [1.807, 2.05) is 13.1 Å². The van der Waals surface area contributed by atoms with Crippen molar-refractivity contribution in [1.82, 2.24) is 5.32 Å². The number of ether oxygens (including phenoxy) is 1. The number of rotatable bonds is 4. The Labute approximate surface area is 115 Å². The summed E-state index contributed by atoms with van der Waals surface area (Å²) in [7, 11) is 1.86. The molecule has 1 aliphatic carbocycles. The van der Waals surface area contributed by atoms with E-state index in [2.05, 4.69) is 19.2 Å². The van der Waals surface area contributed by atoms with Gasteiger partial charge in [0, 0.05) is 12.6 Å². The smallest absolute Gasteiger partial charge is 0.127 e. The molecule has 2 nitrogen and oxygen atoms in total. The van der Waals surface area contributed by atoms with Gasteiger partial charge in [-0.05, 0) is 55.8 Å². The van der Waals surface area contributed by atoms with E-state index in [0.717, 1.165) is 24.3 Å². The van der Waals surface area contributed by atoms with Gasteiger partial charge in [-0.1, -0.05) is 13.8 Å². The van der Waals surface area contributed by atoms with Crippen molar-refractivity contribution in [3.8, 4) is 5.75 Å². The van der Waals surface area contributed by atoms with E-state index in [-0.39, 0.29) is 11.9 Å². The van der Waals surface area contributed by atoms with E-state index in [1.54, 1.807) is 6.07 Å². The van der Waals surface area contributed by atoms with E-state index < -0.39 is 0 Å². The first-order valence-electron chi connectivity index (χ1n) is 7.19. The van der Waals surface area contributed by atoms with Gasteiger partial charge in [0.25, 0.3) is 0 Å². The summed E-state index contributed by atoms with van der Waals surface area (Å²) >= 11 is 0. The van der Waals surface area contributed by atoms with Crippen LogP contribution in [0.15, 0.2) is 18.2 Å². The van der Waals surface area contributed by atoms with Gasteiger partial charge in [-0.25, -0.2) is 4.39 Å². The van der Waals surface area contributed by atoms with Gasteiger partial charge in [0.05, 0.1) is 6.10 Å². The van der Waals surface area contributed by atoms with Crippen LogP contribution in [-0.2, 0) is 6.54 Å². The minimum atomic E-state index is -0.222. The van der Waals surface area contributed by atoms with Gasteiger partial charge in [-0.15, -0.1) is 0 Å². The molecule has 0 amide bonds. The van der Waals surface area contributed by atoms with Crippen LogP contribution in [0.4, 0.5) is 4.39 Å². The second-order valence-corrected chi connectivity index (χ2v) is 5.83. The van der Waals surface area contributed by atoms with Gasteiger partial charge >= 0.3 is 0 Å². The highest BCUT2D eigenvalue weighted by atomic mass is 19.1. The zero-order chi connectivity index (χ0) is 13.8. The first kappa shape index (κ1) is 14.3. The standard InChI is InChI=1S/C16H24FNO/c1-11-4-5-15(6-12(11)2)19-16-8-13(10-18-3)7-14(17)9-16/h7-9,11-12,15,18H,4-6,10H2,1-3H3. The van der Waals surface area contributed by atoms with Crippen molar-refractivity contribution in [2.75, 3.05) is 7.05 Å². The van der Waals surface area contributed by atoms with Crippen LogP contribution >= 0.6 is 0 Å². The van der Waals surface area contributed by atoms with Gasteiger partial charge < -0.3 is 10.1 Å². The summed E-state index contributed by atoms with van der Waals surface area (Å²) in [5, 5.41) is 3.03. The van der Waals surface area contributed by atoms with Gasteiger partial charge in [0.15, 0.2) is 0 Å². The molecule has 0 bridgehead atoms. The molecule has 2 rings (SSSR count). The Kier molecular flexibility index (Phi) is 4.81. The van der Waals surface area contributed by atoms with Crippen LogP contribution in [0.2, 0.25) is 0 Å². The van der Waals surface area contributed by atoms with Crippen LogP contribution in [0, 0.1) is 17.7 Å². The predicted octanol–water partition coefficient (Wildman–Crippen LogP) is 3.75. The van der Waals surface area contributed by atoms with Gasteiger partial charge in [-0.3, -0.25) is 0 Å². The highest BCUT2D eigenvalue weighted by Gasteiger charge is 2.25. The van der Waals surface area contributed by atoms with Crippen LogP contribution in [0.3, 0.4) is 0 Å². The highest BCUT2D eigenvalue weighted by Crippen LogP contribution is 2.32. The van der Waals surface area contributed by atoms with Gasteiger partial charge in [0.1, 0.15) is 11.6 Å². The van der Waals surface area contributed by atoms with Crippen LogP contribution in [0.5, 0.6) is 5.75 Å². The van der Waals surface area contributed by atoms with Gasteiger partial charge in [0.2, 0.25) is 0 Å². The third-order valence-corrected chi connectivity index (χ3v) is 4.16. The summed E-state index contributed by atoms with van der Waals surface area (Å²) in [6, 6.07) is 4.97. The zero-order valence-electron chi connectivity index (χ0n) is 12.1. The molecule has 0 radical (unpaired) electrons. The Bertz CT molecular complexity index is 421. The monoisotopic (exact) mass is 265 g/mol. The van der Waals surface area contributed by atoms with Crippen molar-refractivity contribution in [3.63, 3.8) is 0 Å². The minimum absolute atomic E-state index is 0.222. The van der Waals surface area contributed by atoms with Crippen molar-refractivity contribution in [1.29, 1.82) is 0 Å². The molecule has 1 fully saturated rings. The quantitative estimate of drug-likeness (QED) is 0.895. The molecule has 1 aliphatic rings. The van der Waals surface area contributed by atoms with Crippen LogP contribution < -0.4 is 10.1 Å². The summed E-state index contributed by atoms with van der Waals surface area (Å²) < 4.78 is 19.5. The van der Waals surface area contributed by atoms with E-state index in [4.69, 9.17) is 4.74 Å². The van der Waals surface area contributed by atoms with Gasteiger partial charge in [-0.2, -0.15) is 0 Å². The molecule has 3 atom stereocenters. The molecule has 0 aromatic heterocycles. The zero-order valence-corrected chi connectivity index (χ0v) is 12.1. The minimum Gasteiger partial charge on any atom is -0.490 e. The molecule has 106 valence electrons. The Morgan fingerprint density at radius 1 is 1.21 bits per heavy atom. The lowest BCUT2D eigenvalue weighted by molar-refractivity contribution is 0.100. The van der Waals surface area contributed by atoms with E-state index in [9.17, 15) is 4.39 Å². The third kappa shape index (κ3) is 3.93. The SMILES string of the molecule is CNCc1cc(F)cc(OC2CCC(C)C(C)C2)c1. The van der Waals surface area contributed by atoms with Crippen LogP contribution in [0.1, 0.15) is 38.7 Å². The molecular formula is C16H24FNO. The maximum absolute atomic E-state index is 13.5. The molecule has 1 aromatic carbocycles. The number of halogens is 1. The Morgan fingerprint density at radius 3 is 2.68 bits per heavy atom. The third-order valence-electron chi connectivity index (χ3n) is 4.16. The second kappa shape index (κ2) is 6.38. The average Bonchev–Trinajstić information content (AvgIpc) is 2.33. The molecule has 1 aromatic rings. The predicted molar refractivity (Wildman–Crippen MR) is 75.8 cm³/mol. The highest BCUT2D eigenvalue weighted by molar-refractivity contribution is 5.29. The maximum Gasteiger partial charge on any atom is 0.127 e. The first-order chi connectivity index (χ1) is 9.08. The lowest BCUT2D eigenvalue weighted by Gasteiger charge is -2.32. The topological polar surface area (TPSA) is 21.3 Å². The Hall–Kier alpha value is -1.09. The normalized spacial score (nSPS) is 27.3. The van der Waals surface area contributed by atoms with E-state index in [0.29, 0.717) is 18.2 Å². The number of nitrogens with one attached hydrogen (secondary N) is 1. The average molecular weight is 265 g/mol. The molecule has 3 unspecified atom stereocenters. The largest absolute Gasteiger partial charge is 0.490 e. The fraction of sp³-hybridized carbons (Fsp3) is 0.625. The summed E-state index contributed by atoms with van der Waals surface area (Å²) in [6.45, 7) is 5.23. The molecule has 1 N–H and O–H groups in total. The summed E-state index contributed by atoms with van der Waals surface area (Å²) in [5.74, 6) is 1.90. The molecule has 0 heterocycles. The van der Waals surface area contributed by atoms with Crippen molar-refractivity contribution in [3.05, 3.63) is 29.6 Å². The lowest BCUT2D eigenvalue weighted by Crippen LogP contribution is -2.28. The molecule has 0 spiro atoms. The molecule has 1 saturated carbocycles. The van der Waals surface area contributed by atoms with Crippen molar-refractivity contribution in [2.24, 2.45) is 11.8 Å². The van der Waals surface area contributed by atoms with Crippen molar-refractivity contribution in [2.45, 2.75) is 45.8 Å². The Balaban J connectivity index is 2.02. The number of hydrogen-bond donors (Lipinski definition) is 1. The van der Waals surface area contributed by atoms with Crippen LogP contribution in [-0.4, -0.2) is 13.2 Å². The molecular weight excluding hydrogens is 241 g/mol. The molecule has 0 aliphatic heterocycles. The maximum atomic E-state index is 13.5. The van der Waals surface area contributed by atoms with Crippen molar-refractivity contribution >= 4 is 0 Å². The van der Waals surface area contributed by atoms with E-state index in [1.165, 1.54) is 12.5 Å². The molecule has 0 saturated heterocycles. The molecule has 19 heavy (non-hydrogen) atoms. The first-order valence-corrected chi connectivity index (χ1v) is 7.19. The Morgan fingerprint density at radius 2 is 2.00 bits per heavy atom. The van der Waals surface area contributed by atoms with E-state index >= 15 is 0 Å². The fourth-order valence-electron chi connectivity index (χ4n) is 2.79. The fourth-order valence-corrected chi connectivity index (χ4v) is 2.79. The van der Waals surface area contributed by atoms with Crippen LogP contribution in [0.25, 0.3) is 0 Å². The summed E-state index contributed by atoms with van der Waals surface area (Å²) in [6.07, 6.45) is 3.57. The number of hydrogen-bond acceptors (Lipinski definition) is 2. The van der Waals surface area contributed by atoms with Crippen molar-refractivity contribution < 1.29 is 9.13 Å². The summed E-state index contributed by atoms with van der Waals surface area (Å²) in [5.41, 5.74) is 0.926. The lowest BCUT2D eigenvalue weighted by atomic mass is 9.80. The summed E-state index contributed by atoms with van der Waals surface area (Å²) in [4.78, 5) is 0. The molecule has 3 heteroatoms. The second-order valence-electron chi connectivity index (χ2n) is 5.83.